The number of carbonyl (C=O) groups excluding carboxylic acids is 1. The van der Waals surface area contributed by atoms with E-state index in [1.165, 1.54) is 37.3 Å². The van der Waals surface area contributed by atoms with E-state index >= 15 is 0 Å². The molecular weight excluding hydrogens is 513 g/mol. The number of nitrogens with zero attached hydrogens (tertiary/aromatic N) is 1. The fourth-order valence-electron chi connectivity index (χ4n) is 3.81. The summed E-state index contributed by atoms with van der Waals surface area (Å²) in [5.41, 5.74) is -5.54. The number of methoxy groups -OCH3 is 1. The Bertz CT molecular complexity index is 1440. The number of alkyl halides is 3. The minimum Gasteiger partial charge on any atom is -0.497 e. The maximum Gasteiger partial charge on any atom is 0.534 e. The summed E-state index contributed by atoms with van der Waals surface area (Å²) in [6, 6.07) is 11.1. The van der Waals surface area contributed by atoms with Crippen molar-refractivity contribution in [1.29, 1.82) is 0 Å². The van der Waals surface area contributed by atoms with Gasteiger partial charge in [-0.15, -0.1) is 0 Å². The largest absolute Gasteiger partial charge is 0.534 e. The van der Waals surface area contributed by atoms with Crippen molar-refractivity contribution in [3.63, 3.8) is 0 Å². The topological polar surface area (TPSA) is 82.1 Å². The SMILES string of the molecule is COc1cc(OS(=O)(=O)C(F)(F)F)c2c(c1)N(C)c1ccccc1C2C(=O)Oc1c(F)cccc1F. The van der Waals surface area contributed by atoms with E-state index < -0.39 is 50.6 Å². The van der Waals surface area contributed by atoms with Gasteiger partial charge >= 0.3 is 21.6 Å². The fourth-order valence-corrected chi connectivity index (χ4v) is 4.28. The molecule has 0 aliphatic carbocycles. The summed E-state index contributed by atoms with van der Waals surface area (Å²) in [5, 5.41) is 0. The number of benzene rings is 3. The van der Waals surface area contributed by atoms with Crippen LogP contribution in [0.3, 0.4) is 0 Å². The van der Waals surface area contributed by atoms with Crippen molar-refractivity contribution in [2.24, 2.45) is 0 Å². The van der Waals surface area contributed by atoms with Gasteiger partial charge in [0.15, 0.2) is 17.4 Å². The van der Waals surface area contributed by atoms with Crippen molar-refractivity contribution in [3.8, 4) is 17.2 Å². The molecule has 4 rings (SSSR count). The second-order valence-corrected chi connectivity index (χ2v) is 9.10. The fraction of sp³-hybridized carbons (Fsp3) is 0.174. The predicted octanol–water partition coefficient (Wildman–Crippen LogP) is 5.02. The number of anilines is 2. The van der Waals surface area contributed by atoms with E-state index in [2.05, 4.69) is 4.18 Å². The van der Waals surface area contributed by atoms with Crippen molar-refractivity contribution >= 4 is 27.5 Å². The smallest absolute Gasteiger partial charge is 0.497 e. The van der Waals surface area contributed by atoms with E-state index in [9.17, 15) is 35.2 Å². The van der Waals surface area contributed by atoms with Crippen LogP contribution in [-0.2, 0) is 14.9 Å². The van der Waals surface area contributed by atoms with Crippen molar-refractivity contribution in [2.75, 3.05) is 19.1 Å². The number of rotatable bonds is 5. The van der Waals surface area contributed by atoms with Crippen molar-refractivity contribution in [2.45, 2.75) is 11.4 Å². The Hall–Kier alpha value is -3.87. The molecule has 7 nitrogen and oxygen atoms in total. The maximum absolute atomic E-state index is 14.2. The molecule has 3 aromatic rings. The van der Waals surface area contributed by atoms with Crippen molar-refractivity contribution in [1.82, 2.24) is 0 Å². The van der Waals surface area contributed by atoms with Crippen LogP contribution in [0.1, 0.15) is 17.0 Å². The second-order valence-electron chi connectivity index (χ2n) is 7.56. The zero-order chi connectivity index (χ0) is 26.4. The summed E-state index contributed by atoms with van der Waals surface area (Å²) in [5.74, 6) is -7.31. The monoisotopic (exact) mass is 529 g/mol. The highest BCUT2D eigenvalue weighted by Crippen LogP contribution is 2.51. The van der Waals surface area contributed by atoms with E-state index in [1.807, 2.05) is 0 Å². The van der Waals surface area contributed by atoms with Crippen LogP contribution in [0.2, 0.25) is 0 Å². The van der Waals surface area contributed by atoms with Crippen LogP contribution in [0.5, 0.6) is 17.2 Å². The first-order valence-corrected chi connectivity index (χ1v) is 11.5. The summed E-state index contributed by atoms with van der Waals surface area (Å²) in [6.07, 6.45) is 0. The molecule has 1 atom stereocenters. The molecule has 1 aliphatic rings. The molecule has 1 unspecified atom stereocenters. The van der Waals surface area contributed by atoms with Gasteiger partial charge in [-0.2, -0.15) is 21.6 Å². The molecule has 0 bridgehead atoms. The van der Waals surface area contributed by atoms with Crippen LogP contribution >= 0.6 is 0 Å². The molecule has 0 aromatic heterocycles. The number of para-hydroxylation sites is 2. The first-order chi connectivity index (χ1) is 16.9. The van der Waals surface area contributed by atoms with Gasteiger partial charge in [0.25, 0.3) is 0 Å². The number of halogens is 5. The lowest BCUT2D eigenvalue weighted by Gasteiger charge is -2.35. The van der Waals surface area contributed by atoms with Gasteiger partial charge in [-0.25, -0.2) is 8.78 Å². The van der Waals surface area contributed by atoms with Gasteiger partial charge in [0, 0.05) is 30.4 Å². The number of fused-ring (bicyclic) bond motifs is 2. The molecule has 36 heavy (non-hydrogen) atoms. The van der Waals surface area contributed by atoms with Gasteiger partial charge in [0.1, 0.15) is 11.7 Å². The summed E-state index contributed by atoms with van der Waals surface area (Å²) >= 11 is 0. The van der Waals surface area contributed by atoms with Crippen molar-refractivity contribution in [3.05, 3.63) is 77.4 Å². The molecule has 3 aromatic carbocycles. The second kappa shape index (κ2) is 8.97. The highest BCUT2D eigenvalue weighted by molar-refractivity contribution is 7.88. The van der Waals surface area contributed by atoms with Crippen molar-refractivity contribution < 1.29 is 48.8 Å². The Morgan fingerprint density at radius 1 is 0.972 bits per heavy atom. The highest BCUT2D eigenvalue weighted by Gasteiger charge is 2.50. The predicted molar refractivity (Wildman–Crippen MR) is 117 cm³/mol. The quantitative estimate of drug-likeness (QED) is 0.151. The zero-order valence-electron chi connectivity index (χ0n) is 18.5. The summed E-state index contributed by atoms with van der Waals surface area (Å²) in [6.45, 7) is 0. The summed E-state index contributed by atoms with van der Waals surface area (Å²) < 4.78 is 106. The number of carbonyl (C=O) groups is 1. The van der Waals surface area contributed by atoms with E-state index in [4.69, 9.17) is 9.47 Å². The average Bonchev–Trinajstić information content (AvgIpc) is 2.81. The Kier molecular flexibility index (Phi) is 6.29. The third-order valence-corrected chi connectivity index (χ3v) is 6.39. The van der Waals surface area contributed by atoms with Gasteiger partial charge in [-0.1, -0.05) is 24.3 Å². The number of ether oxygens (including phenoxy) is 2. The maximum atomic E-state index is 14.2. The van der Waals surface area contributed by atoms with Gasteiger partial charge in [-0.3, -0.25) is 4.79 Å². The Balaban J connectivity index is 1.95. The average molecular weight is 529 g/mol. The van der Waals surface area contributed by atoms with Crippen LogP contribution in [0.25, 0.3) is 0 Å². The molecule has 0 N–H and O–H groups in total. The molecule has 13 heteroatoms. The van der Waals surface area contributed by atoms with Gasteiger partial charge in [-0.05, 0) is 23.8 Å². The van der Waals surface area contributed by atoms with Crippen LogP contribution in [-0.4, -0.2) is 34.1 Å². The molecule has 0 saturated heterocycles. The van der Waals surface area contributed by atoms with Gasteiger partial charge in [0.05, 0.1) is 12.8 Å². The Morgan fingerprint density at radius 3 is 2.22 bits per heavy atom. The number of hydrogen-bond donors (Lipinski definition) is 0. The molecule has 190 valence electrons. The number of hydrogen-bond acceptors (Lipinski definition) is 7. The van der Waals surface area contributed by atoms with E-state index in [-0.39, 0.29) is 22.6 Å². The first kappa shape index (κ1) is 25.2. The molecule has 0 saturated carbocycles. The molecule has 1 aliphatic heterocycles. The molecule has 1 heterocycles. The zero-order valence-corrected chi connectivity index (χ0v) is 19.3. The van der Waals surface area contributed by atoms with Gasteiger partial charge in [0.2, 0.25) is 5.75 Å². The Labute approximate surface area is 201 Å². The molecule has 0 spiro atoms. The third-order valence-electron chi connectivity index (χ3n) is 5.43. The third kappa shape index (κ3) is 4.30. The van der Waals surface area contributed by atoms with Crippen LogP contribution in [0.4, 0.5) is 33.3 Å². The standard InChI is InChI=1S/C23H16F5NO6S/c1-29-16-9-4-3-6-13(16)19(22(30)34-21-14(24)7-5-8-15(21)25)20-17(29)10-12(33-2)11-18(20)35-36(31,32)23(26,27)28/h3-11,19H,1-2H3. The van der Waals surface area contributed by atoms with Gasteiger partial charge < -0.3 is 18.6 Å². The van der Waals surface area contributed by atoms with E-state index in [0.29, 0.717) is 5.69 Å². The van der Waals surface area contributed by atoms with Crippen LogP contribution in [0, 0.1) is 11.6 Å². The number of esters is 1. The van der Waals surface area contributed by atoms with Crippen LogP contribution < -0.4 is 18.6 Å². The minimum absolute atomic E-state index is 0.0383. The van der Waals surface area contributed by atoms with E-state index in [0.717, 1.165) is 24.3 Å². The lowest BCUT2D eigenvalue weighted by Crippen LogP contribution is -2.32. The molecule has 0 fully saturated rings. The highest BCUT2D eigenvalue weighted by atomic mass is 32.2. The van der Waals surface area contributed by atoms with E-state index in [1.54, 1.807) is 12.1 Å². The lowest BCUT2D eigenvalue weighted by atomic mass is 9.84. The lowest BCUT2D eigenvalue weighted by molar-refractivity contribution is -0.135. The minimum atomic E-state index is -6.17. The van der Waals surface area contributed by atoms with Crippen LogP contribution in [0.15, 0.2) is 54.6 Å². The first-order valence-electron chi connectivity index (χ1n) is 10.1. The summed E-state index contributed by atoms with van der Waals surface area (Å²) in [7, 11) is -3.47. The summed E-state index contributed by atoms with van der Waals surface area (Å²) in [4.78, 5) is 14.8. The normalized spacial score (nSPS) is 15.1. The molecular formula is C23H16F5NO6S. The molecule has 0 amide bonds. The Morgan fingerprint density at radius 2 is 1.61 bits per heavy atom. The molecule has 0 radical (unpaired) electrons.